The van der Waals surface area contributed by atoms with Crippen LogP contribution >= 0.6 is 35.6 Å². The summed E-state index contributed by atoms with van der Waals surface area (Å²) < 4.78 is 11.1. The van der Waals surface area contributed by atoms with E-state index in [1.54, 1.807) is 18.2 Å². The maximum atomic E-state index is 13.0. The van der Waals surface area contributed by atoms with Crippen molar-refractivity contribution in [1.82, 2.24) is 0 Å². The van der Waals surface area contributed by atoms with E-state index in [1.807, 2.05) is 43.3 Å². The molecule has 1 amide bonds. The van der Waals surface area contributed by atoms with Crippen LogP contribution < -0.4 is 19.3 Å². The van der Waals surface area contributed by atoms with Crippen LogP contribution in [0.5, 0.6) is 11.5 Å². The Balaban J connectivity index is 1.92. The zero-order valence-corrected chi connectivity index (χ0v) is 18.2. The second-order valence-corrected chi connectivity index (χ2v) is 8.25. The van der Waals surface area contributed by atoms with Crippen LogP contribution in [0.15, 0.2) is 41.3 Å². The van der Waals surface area contributed by atoms with E-state index in [-0.39, 0.29) is 5.91 Å². The molecule has 0 atom stereocenters. The lowest BCUT2D eigenvalue weighted by molar-refractivity contribution is -0.113. The third-order valence-electron chi connectivity index (χ3n) is 4.17. The summed E-state index contributed by atoms with van der Waals surface area (Å²) in [5, 5.41) is 0.405. The number of thioether (sulfide) groups is 1. The van der Waals surface area contributed by atoms with E-state index in [9.17, 15) is 4.79 Å². The fourth-order valence-electron chi connectivity index (χ4n) is 2.76. The van der Waals surface area contributed by atoms with E-state index in [0.29, 0.717) is 25.7 Å². The van der Waals surface area contributed by atoms with Gasteiger partial charge in [-0.3, -0.25) is 9.69 Å². The quantitative estimate of drug-likeness (QED) is 0.496. The van der Waals surface area contributed by atoms with Gasteiger partial charge in [0.25, 0.3) is 5.91 Å². The highest BCUT2D eigenvalue weighted by Crippen LogP contribution is 2.40. The fourth-order valence-corrected chi connectivity index (χ4v) is 4.36. The summed E-state index contributed by atoms with van der Waals surface area (Å²) in [6.45, 7) is 0. The van der Waals surface area contributed by atoms with E-state index in [0.717, 1.165) is 16.9 Å². The highest BCUT2D eigenvalue weighted by Gasteiger charge is 2.33. The van der Waals surface area contributed by atoms with Gasteiger partial charge in [-0.2, -0.15) is 0 Å². The van der Waals surface area contributed by atoms with E-state index in [4.69, 9.17) is 33.3 Å². The first kappa shape index (κ1) is 20.5. The molecule has 1 aliphatic rings. The van der Waals surface area contributed by atoms with E-state index in [2.05, 4.69) is 0 Å². The number of rotatable bonds is 5. The van der Waals surface area contributed by atoms with E-state index in [1.165, 1.54) is 30.9 Å². The van der Waals surface area contributed by atoms with Crippen LogP contribution in [0.1, 0.15) is 5.56 Å². The van der Waals surface area contributed by atoms with Gasteiger partial charge in [0.15, 0.2) is 15.8 Å². The minimum atomic E-state index is -0.168. The molecular weight excluding hydrogens is 416 g/mol. The molecule has 8 heteroatoms. The van der Waals surface area contributed by atoms with Crippen molar-refractivity contribution in [3.63, 3.8) is 0 Å². The number of hydrogen-bond donors (Lipinski definition) is 0. The maximum absolute atomic E-state index is 13.0. The molecule has 0 spiro atoms. The van der Waals surface area contributed by atoms with E-state index < -0.39 is 0 Å². The molecule has 1 fully saturated rings. The first-order chi connectivity index (χ1) is 13.3. The molecule has 0 N–H and O–H groups in total. The first-order valence-corrected chi connectivity index (χ1v) is 9.93. The Morgan fingerprint density at radius 3 is 2.39 bits per heavy atom. The van der Waals surface area contributed by atoms with E-state index >= 15 is 0 Å². The number of amides is 1. The van der Waals surface area contributed by atoms with Gasteiger partial charge < -0.3 is 14.4 Å². The molecule has 2 aromatic rings. The molecule has 0 saturated carbocycles. The number of carbonyl (C=O) groups excluding carboxylic acids is 1. The fraction of sp³-hybridized carbons (Fsp3) is 0.200. The van der Waals surface area contributed by atoms with Crippen molar-refractivity contribution >= 4 is 63.3 Å². The van der Waals surface area contributed by atoms with Crippen molar-refractivity contribution < 1.29 is 14.3 Å². The summed E-state index contributed by atoms with van der Waals surface area (Å²) in [5.74, 6) is 0.782. The van der Waals surface area contributed by atoms with Gasteiger partial charge in [0, 0.05) is 19.8 Å². The topological polar surface area (TPSA) is 42.0 Å². The zero-order valence-electron chi connectivity index (χ0n) is 15.9. The Kier molecular flexibility index (Phi) is 6.17. The molecule has 28 heavy (non-hydrogen) atoms. The van der Waals surface area contributed by atoms with Crippen LogP contribution in [0.3, 0.4) is 0 Å². The van der Waals surface area contributed by atoms with Gasteiger partial charge in [-0.05, 0) is 48.0 Å². The monoisotopic (exact) mass is 434 g/mol. The molecule has 3 rings (SSSR count). The van der Waals surface area contributed by atoms with Crippen LogP contribution in [0.2, 0.25) is 5.02 Å². The number of nitrogens with zero attached hydrogens (tertiary/aromatic N) is 2. The molecule has 2 aromatic carbocycles. The van der Waals surface area contributed by atoms with Crippen LogP contribution in [-0.2, 0) is 4.79 Å². The van der Waals surface area contributed by atoms with Crippen molar-refractivity contribution in [3.05, 3.63) is 51.9 Å². The SMILES string of the molecule is COc1cc(/C=C2\SC(=S)N(c3ccc(N(C)C)cc3)C2=O)cc(Cl)c1OC. The summed E-state index contributed by atoms with van der Waals surface area (Å²) in [5.41, 5.74) is 2.51. The number of halogens is 1. The van der Waals surface area contributed by atoms with Crippen LogP contribution in [0.25, 0.3) is 6.08 Å². The molecule has 0 bridgehead atoms. The van der Waals surface area contributed by atoms with Gasteiger partial charge >= 0.3 is 0 Å². The lowest BCUT2D eigenvalue weighted by atomic mass is 10.1. The minimum absolute atomic E-state index is 0.168. The lowest BCUT2D eigenvalue weighted by Crippen LogP contribution is -2.27. The Morgan fingerprint density at radius 1 is 1.14 bits per heavy atom. The predicted molar refractivity (Wildman–Crippen MR) is 121 cm³/mol. The Hall–Kier alpha value is -2.22. The van der Waals surface area contributed by atoms with Crippen molar-refractivity contribution in [1.29, 1.82) is 0 Å². The highest BCUT2D eigenvalue weighted by atomic mass is 35.5. The number of ether oxygens (including phenoxy) is 2. The summed E-state index contributed by atoms with van der Waals surface area (Å²) in [4.78, 5) is 17.0. The maximum Gasteiger partial charge on any atom is 0.270 e. The Morgan fingerprint density at radius 2 is 1.82 bits per heavy atom. The summed E-state index contributed by atoms with van der Waals surface area (Å²) in [6, 6.07) is 11.2. The normalized spacial score (nSPS) is 15.3. The molecule has 1 saturated heterocycles. The molecular formula is C20H19ClN2O3S2. The smallest absolute Gasteiger partial charge is 0.270 e. The number of carbonyl (C=O) groups is 1. The standard InChI is InChI=1S/C20H19ClN2O3S2/c1-22(2)13-5-7-14(8-6-13)23-19(24)17(28-20(23)27)11-12-9-15(21)18(26-4)16(10-12)25-3/h5-11H,1-4H3/b17-11-. The number of hydrogen-bond acceptors (Lipinski definition) is 6. The summed E-state index contributed by atoms with van der Waals surface area (Å²) in [6.07, 6.45) is 1.75. The third kappa shape index (κ3) is 3.97. The molecule has 5 nitrogen and oxygen atoms in total. The van der Waals surface area contributed by atoms with Crippen molar-refractivity contribution in [3.8, 4) is 11.5 Å². The Bertz CT molecular complexity index is 959. The molecule has 1 heterocycles. The molecule has 0 aromatic heterocycles. The second kappa shape index (κ2) is 8.43. The average molecular weight is 435 g/mol. The van der Waals surface area contributed by atoms with Crippen molar-refractivity contribution in [2.75, 3.05) is 38.1 Å². The number of methoxy groups -OCH3 is 2. The minimum Gasteiger partial charge on any atom is -0.493 e. The van der Waals surface area contributed by atoms with Gasteiger partial charge in [0.1, 0.15) is 0 Å². The van der Waals surface area contributed by atoms with Crippen molar-refractivity contribution in [2.45, 2.75) is 0 Å². The molecule has 146 valence electrons. The molecule has 0 unspecified atom stereocenters. The van der Waals surface area contributed by atoms with Gasteiger partial charge in [-0.25, -0.2) is 0 Å². The Labute approximate surface area is 178 Å². The third-order valence-corrected chi connectivity index (χ3v) is 5.75. The van der Waals surface area contributed by atoms with Gasteiger partial charge in [0.2, 0.25) is 0 Å². The second-order valence-electron chi connectivity index (χ2n) is 6.17. The molecule has 0 aliphatic carbocycles. The van der Waals surface area contributed by atoms with Crippen LogP contribution in [0.4, 0.5) is 11.4 Å². The first-order valence-electron chi connectivity index (χ1n) is 8.32. The number of thiocarbonyl (C=S) groups is 1. The number of anilines is 2. The highest BCUT2D eigenvalue weighted by molar-refractivity contribution is 8.27. The number of benzene rings is 2. The largest absolute Gasteiger partial charge is 0.493 e. The van der Waals surface area contributed by atoms with Gasteiger partial charge in [-0.15, -0.1) is 0 Å². The summed E-state index contributed by atoms with van der Waals surface area (Å²) >= 11 is 13.0. The molecule has 0 radical (unpaired) electrons. The van der Waals surface area contributed by atoms with Crippen LogP contribution in [0, 0.1) is 0 Å². The lowest BCUT2D eigenvalue weighted by Gasteiger charge is -2.17. The average Bonchev–Trinajstić information content (AvgIpc) is 2.94. The zero-order chi connectivity index (χ0) is 20.4. The van der Waals surface area contributed by atoms with Crippen LogP contribution in [-0.4, -0.2) is 38.5 Å². The summed E-state index contributed by atoms with van der Waals surface area (Å²) in [7, 11) is 6.99. The molecule has 1 aliphatic heterocycles. The van der Waals surface area contributed by atoms with Gasteiger partial charge in [0.05, 0.1) is 29.8 Å². The van der Waals surface area contributed by atoms with Gasteiger partial charge in [-0.1, -0.05) is 35.6 Å². The predicted octanol–water partition coefficient (Wildman–Crippen LogP) is 4.83. The van der Waals surface area contributed by atoms with Crippen molar-refractivity contribution in [2.24, 2.45) is 0 Å².